The second kappa shape index (κ2) is 4.01. The van der Waals surface area contributed by atoms with E-state index in [9.17, 15) is 9.59 Å². The van der Waals surface area contributed by atoms with Gasteiger partial charge in [-0.2, -0.15) is 0 Å². The van der Waals surface area contributed by atoms with Crippen LogP contribution in [-0.2, 0) is 23.8 Å². The van der Waals surface area contributed by atoms with Crippen molar-refractivity contribution in [2.75, 3.05) is 6.61 Å². The maximum atomic E-state index is 12.3. The van der Waals surface area contributed by atoms with Crippen molar-refractivity contribution in [2.45, 2.75) is 64.4 Å². The van der Waals surface area contributed by atoms with Gasteiger partial charge in [0.25, 0.3) is 0 Å². The summed E-state index contributed by atoms with van der Waals surface area (Å²) in [6, 6.07) is 0. The van der Waals surface area contributed by atoms with Crippen LogP contribution < -0.4 is 0 Å². The monoisotopic (exact) mass is 306 g/mol. The Morgan fingerprint density at radius 3 is 2.68 bits per heavy atom. The van der Waals surface area contributed by atoms with Crippen molar-refractivity contribution in [3.63, 3.8) is 0 Å². The van der Waals surface area contributed by atoms with E-state index in [2.05, 4.69) is 13.8 Å². The first-order valence-corrected chi connectivity index (χ1v) is 7.92. The zero-order valence-corrected chi connectivity index (χ0v) is 13.5. The van der Waals surface area contributed by atoms with Gasteiger partial charge in [0.05, 0.1) is 12.7 Å². The van der Waals surface area contributed by atoms with Crippen molar-refractivity contribution in [1.82, 2.24) is 0 Å². The Kier molecular flexibility index (Phi) is 2.62. The summed E-state index contributed by atoms with van der Waals surface area (Å²) in [5.74, 6) is -0.120. The van der Waals surface area contributed by atoms with Crippen molar-refractivity contribution >= 4 is 11.8 Å². The molecule has 2 aliphatic heterocycles. The van der Waals surface area contributed by atoms with Gasteiger partial charge in [-0.3, -0.25) is 9.59 Å². The predicted molar refractivity (Wildman–Crippen MR) is 77.1 cm³/mol. The highest BCUT2D eigenvalue weighted by atomic mass is 16.7. The first kappa shape index (κ1) is 14.4. The summed E-state index contributed by atoms with van der Waals surface area (Å²) in [6.07, 6.45) is 2.43. The third-order valence-corrected chi connectivity index (χ3v) is 6.66. The van der Waals surface area contributed by atoms with E-state index in [1.165, 1.54) is 6.92 Å². The first-order valence-electron chi connectivity index (χ1n) is 7.92. The van der Waals surface area contributed by atoms with Gasteiger partial charge in [-0.25, -0.2) is 0 Å². The summed E-state index contributed by atoms with van der Waals surface area (Å²) in [5, 5.41) is 0. The van der Waals surface area contributed by atoms with Crippen LogP contribution in [0.1, 0.15) is 40.5 Å². The lowest BCUT2D eigenvalue weighted by Gasteiger charge is -2.55. The van der Waals surface area contributed by atoms with E-state index in [1.807, 2.05) is 13.0 Å². The molecule has 0 radical (unpaired) electrons. The highest BCUT2D eigenvalue weighted by molar-refractivity contribution is 5.96. The number of ketones is 1. The van der Waals surface area contributed by atoms with Crippen LogP contribution in [0.25, 0.3) is 0 Å². The minimum absolute atomic E-state index is 0.129. The molecule has 5 heteroatoms. The normalized spacial score (nSPS) is 52.3. The van der Waals surface area contributed by atoms with E-state index >= 15 is 0 Å². The number of carbonyl (C=O) groups excluding carboxylic acids is 2. The average molecular weight is 306 g/mol. The lowest BCUT2D eigenvalue weighted by Crippen LogP contribution is -2.62. The number of esters is 1. The fourth-order valence-electron chi connectivity index (χ4n) is 5.02. The number of hydrogen-bond acceptors (Lipinski definition) is 5. The number of Topliss-reactive ketones (excluding diaryl/α,β-unsaturated/α-hetero) is 1. The van der Waals surface area contributed by atoms with Crippen LogP contribution in [0.3, 0.4) is 0 Å². The molecule has 1 spiro atoms. The summed E-state index contributed by atoms with van der Waals surface area (Å²) in [5.41, 5.74) is -0.203. The molecule has 2 saturated heterocycles. The third kappa shape index (κ3) is 1.46. The molecule has 0 aromatic heterocycles. The van der Waals surface area contributed by atoms with Gasteiger partial charge < -0.3 is 14.2 Å². The summed E-state index contributed by atoms with van der Waals surface area (Å²) in [6.45, 7) is 8.18. The minimum Gasteiger partial charge on any atom is -0.460 e. The Morgan fingerprint density at radius 1 is 1.41 bits per heavy atom. The van der Waals surface area contributed by atoms with Crippen LogP contribution in [0.5, 0.6) is 0 Å². The summed E-state index contributed by atoms with van der Waals surface area (Å²) in [7, 11) is 0. The summed E-state index contributed by atoms with van der Waals surface area (Å²) >= 11 is 0. The molecule has 0 aromatic carbocycles. The van der Waals surface area contributed by atoms with E-state index in [4.69, 9.17) is 14.2 Å². The van der Waals surface area contributed by atoms with Gasteiger partial charge in [0.1, 0.15) is 17.8 Å². The van der Waals surface area contributed by atoms with Gasteiger partial charge in [0.15, 0.2) is 5.78 Å². The van der Waals surface area contributed by atoms with Gasteiger partial charge >= 0.3 is 5.97 Å². The van der Waals surface area contributed by atoms with E-state index < -0.39 is 5.60 Å². The molecular formula is C17H22O5. The van der Waals surface area contributed by atoms with Crippen molar-refractivity contribution in [2.24, 2.45) is 10.8 Å². The molecule has 5 nitrogen and oxygen atoms in total. The lowest BCUT2D eigenvalue weighted by atomic mass is 9.52. The molecule has 1 saturated carbocycles. The van der Waals surface area contributed by atoms with Gasteiger partial charge in [-0.05, 0) is 25.0 Å². The van der Waals surface area contributed by atoms with E-state index in [0.29, 0.717) is 19.4 Å². The topological polar surface area (TPSA) is 65.1 Å². The van der Waals surface area contributed by atoms with E-state index in [0.717, 1.165) is 5.57 Å². The highest BCUT2D eigenvalue weighted by Gasteiger charge is 2.81. The molecule has 2 bridgehead atoms. The molecule has 22 heavy (non-hydrogen) atoms. The third-order valence-electron chi connectivity index (χ3n) is 6.66. The fourth-order valence-corrected chi connectivity index (χ4v) is 5.02. The number of fused-ring (bicyclic) bond motifs is 2. The predicted octanol–water partition coefficient (Wildman–Crippen LogP) is 1.79. The second-order valence-corrected chi connectivity index (χ2v) is 7.71. The van der Waals surface area contributed by atoms with Crippen LogP contribution in [-0.4, -0.2) is 42.3 Å². The largest absolute Gasteiger partial charge is 0.460 e. The molecule has 0 aromatic rings. The molecule has 120 valence electrons. The Hall–Kier alpha value is -1.20. The minimum atomic E-state index is -0.405. The zero-order valence-electron chi connectivity index (χ0n) is 13.5. The standard InChI is InChI=1S/C17H22O5/c1-9-5-13-15(3,6-11(9)19)16(4)7-12(21-10(2)18)14(22-13)17(16)8-20-17/h5,12-14H,6-8H2,1-4H3/t12-,13-,14-,15+,16-,17+/m1/s1. The number of hydrogen-bond donors (Lipinski definition) is 0. The van der Waals surface area contributed by atoms with Crippen LogP contribution in [0.15, 0.2) is 11.6 Å². The highest BCUT2D eigenvalue weighted by Crippen LogP contribution is 2.71. The maximum Gasteiger partial charge on any atom is 0.302 e. The van der Waals surface area contributed by atoms with Crippen molar-refractivity contribution < 1.29 is 23.8 Å². The van der Waals surface area contributed by atoms with E-state index in [1.54, 1.807) is 0 Å². The van der Waals surface area contributed by atoms with Crippen LogP contribution in [0.4, 0.5) is 0 Å². The molecule has 0 amide bonds. The number of carbonyl (C=O) groups is 2. The zero-order chi connectivity index (χ0) is 15.9. The number of rotatable bonds is 1. The van der Waals surface area contributed by atoms with Crippen LogP contribution in [0, 0.1) is 10.8 Å². The van der Waals surface area contributed by atoms with Crippen molar-refractivity contribution in [1.29, 1.82) is 0 Å². The van der Waals surface area contributed by atoms with Gasteiger partial charge in [0.2, 0.25) is 0 Å². The number of epoxide rings is 1. The maximum absolute atomic E-state index is 12.3. The second-order valence-electron chi connectivity index (χ2n) is 7.71. The van der Waals surface area contributed by atoms with Crippen molar-refractivity contribution in [3.05, 3.63) is 11.6 Å². The smallest absolute Gasteiger partial charge is 0.302 e. The van der Waals surface area contributed by atoms with Gasteiger partial charge in [0, 0.05) is 24.2 Å². The molecule has 0 unspecified atom stereocenters. The Labute approximate surface area is 130 Å². The molecule has 6 atom stereocenters. The average Bonchev–Trinajstić information content (AvgIpc) is 3.16. The van der Waals surface area contributed by atoms with Crippen LogP contribution in [0.2, 0.25) is 0 Å². The summed E-state index contributed by atoms with van der Waals surface area (Å²) < 4.78 is 17.7. The van der Waals surface area contributed by atoms with Gasteiger partial charge in [-0.1, -0.05) is 13.8 Å². The van der Waals surface area contributed by atoms with Crippen molar-refractivity contribution in [3.8, 4) is 0 Å². The molecule has 4 rings (SSSR count). The first-order chi connectivity index (χ1) is 10.2. The SMILES string of the molecule is CC(=O)O[C@@H]1C[C@]2(C)[C@@]3(C)CC(=O)C(C)=C[C@H]3O[C@H]1[C@@]21CO1. The fraction of sp³-hybridized carbons (Fsp3) is 0.765. The Bertz CT molecular complexity index is 604. The number of ether oxygens (including phenoxy) is 3. The molecule has 2 heterocycles. The molecule has 0 N–H and O–H groups in total. The summed E-state index contributed by atoms with van der Waals surface area (Å²) in [4.78, 5) is 23.8. The van der Waals surface area contributed by atoms with Crippen LogP contribution >= 0.6 is 0 Å². The lowest BCUT2D eigenvalue weighted by molar-refractivity contribution is -0.200. The molecule has 3 fully saturated rings. The molecule has 4 aliphatic rings. The molecule has 2 aliphatic carbocycles. The van der Waals surface area contributed by atoms with Gasteiger partial charge in [-0.15, -0.1) is 0 Å². The quantitative estimate of drug-likeness (QED) is 0.546. The molecular weight excluding hydrogens is 284 g/mol. The van der Waals surface area contributed by atoms with E-state index in [-0.39, 0.29) is 40.9 Å². The number of allylic oxidation sites excluding steroid dienone is 1. The Balaban J connectivity index is 1.80. The Morgan fingerprint density at radius 2 is 2.09 bits per heavy atom.